The molecule has 2 aromatic carbocycles. The molecule has 2 nitrogen and oxygen atoms in total. The van der Waals surface area contributed by atoms with Crippen LogP contribution in [0, 0.1) is 17.8 Å². The van der Waals surface area contributed by atoms with Gasteiger partial charge >= 0.3 is 0 Å². The van der Waals surface area contributed by atoms with Gasteiger partial charge in [0, 0.05) is 31.1 Å². The highest BCUT2D eigenvalue weighted by Crippen LogP contribution is 2.52. The van der Waals surface area contributed by atoms with Crippen LogP contribution in [-0.2, 0) is 17.9 Å². The van der Waals surface area contributed by atoms with Gasteiger partial charge in [0.2, 0.25) is 0 Å². The third-order valence-corrected chi connectivity index (χ3v) is 14.7. The number of rotatable bonds is 13. The fourth-order valence-electron chi connectivity index (χ4n) is 5.12. The maximum absolute atomic E-state index is 14.1. The summed E-state index contributed by atoms with van der Waals surface area (Å²) in [4.78, 5) is 16.6. The molecule has 0 bridgehead atoms. The molecule has 2 aromatic rings. The number of hydrogen-bond acceptors (Lipinski definition) is 2. The van der Waals surface area contributed by atoms with Crippen molar-refractivity contribution in [1.29, 1.82) is 0 Å². The van der Waals surface area contributed by atoms with E-state index >= 15 is 0 Å². The molecule has 0 spiro atoms. The molecule has 3 heteroatoms. The zero-order chi connectivity index (χ0) is 25.5. The predicted molar refractivity (Wildman–Crippen MR) is 151 cm³/mol. The molecule has 2 atom stereocenters. The molecule has 0 aliphatic rings. The molecule has 188 valence electrons. The van der Waals surface area contributed by atoms with Crippen LogP contribution in [0.5, 0.6) is 0 Å². The van der Waals surface area contributed by atoms with Crippen molar-refractivity contribution in [1.82, 2.24) is 4.90 Å². The quantitative estimate of drug-likeness (QED) is 0.269. The highest BCUT2D eigenvalue weighted by atomic mass is 28.3. The molecule has 0 aromatic heterocycles. The van der Waals surface area contributed by atoms with Gasteiger partial charge in [-0.25, -0.2) is 0 Å². The van der Waals surface area contributed by atoms with Gasteiger partial charge in [-0.05, 0) is 34.4 Å². The zero-order valence-electron chi connectivity index (χ0n) is 23.3. The summed E-state index contributed by atoms with van der Waals surface area (Å²) in [5.74, 6) is 1.61. The minimum Gasteiger partial charge on any atom is -0.299 e. The zero-order valence-corrected chi connectivity index (χ0v) is 24.3. The predicted octanol–water partition coefficient (Wildman–Crippen LogP) is 8.45. The number of carbonyl (C=O) groups is 1. The van der Waals surface area contributed by atoms with Crippen LogP contribution in [0.2, 0.25) is 23.7 Å². The van der Waals surface area contributed by atoms with E-state index in [9.17, 15) is 4.79 Å². The van der Waals surface area contributed by atoms with Gasteiger partial charge in [0.15, 0.2) is 0 Å². The Morgan fingerprint density at radius 3 is 1.65 bits per heavy atom. The number of ketones is 1. The van der Waals surface area contributed by atoms with Crippen molar-refractivity contribution in [3.05, 3.63) is 71.8 Å². The summed E-state index contributed by atoms with van der Waals surface area (Å²) in [6, 6.07) is 21.3. The van der Waals surface area contributed by atoms with E-state index in [0.29, 0.717) is 17.6 Å². The van der Waals surface area contributed by atoms with Crippen molar-refractivity contribution in [3.8, 4) is 0 Å². The summed E-state index contributed by atoms with van der Waals surface area (Å²) in [7, 11) is -1.88. The van der Waals surface area contributed by atoms with E-state index in [1.165, 1.54) is 11.1 Å². The highest BCUT2D eigenvalue weighted by Gasteiger charge is 2.49. The van der Waals surface area contributed by atoms with Crippen molar-refractivity contribution in [2.75, 3.05) is 6.54 Å². The first-order chi connectivity index (χ1) is 15.9. The normalized spacial score (nSPS) is 14.6. The molecule has 0 aliphatic carbocycles. The van der Waals surface area contributed by atoms with Gasteiger partial charge in [0.1, 0.15) is 5.78 Å². The van der Waals surface area contributed by atoms with E-state index in [4.69, 9.17) is 0 Å². The van der Waals surface area contributed by atoms with E-state index < -0.39 is 8.07 Å². The van der Waals surface area contributed by atoms with Gasteiger partial charge in [0.05, 0.1) is 8.07 Å². The minimum absolute atomic E-state index is 0.0194. The van der Waals surface area contributed by atoms with E-state index in [0.717, 1.165) is 26.1 Å². The molecule has 0 fully saturated rings. The highest BCUT2D eigenvalue weighted by molar-refractivity contribution is 6.84. The van der Waals surface area contributed by atoms with Crippen molar-refractivity contribution in [3.63, 3.8) is 0 Å². The SMILES string of the molecule is CC(C)C[C@@H](C(=O)[C@H](C)CN(Cc1ccccc1)Cc1ccccc1)[Si](C)(C)C(C)(C)C(C)C. The van der Waals surface area contributed by atoms with Crippen molar-refractivity contribution in [2.45, 2.75) is 91.6 Å². The van der Waals surface area contributed by atoms with Gasteiger partial charge in [-0.15, -0.1) is 0 Å². The number of Topliss-reactive ketones (excluding diaryl/α,β-unsaturated/α-hetero) is 1. The van der Waals surface area contributed by atoms with Crippen molar-refractivity contribution >= 4 is 13.9 Å². The molecular formula is C31H49NOSi. The molecule has 0 heterocycles. The minimum atomic E-state index is -1.88. The fraction of sp³-hybridized carbons (Fsp3) is 0.581. The Kier molecular flexibility index (Phi) is 10.3. The molecular weight excluding hydrogens is 430 g/mol. The van der Waals surface area contributed by atoms with Crippen LogP contribution >= 0.6 is 0 Å². The van der Waals surface area contributed by atoms with Crippen LogP contribution < -0.4 is 0 Å². The molecule has 0 saturated carbocycles. The molecule has 34 heavy (non-hydrogen) atoms. The maximum atomic E-state index is 14.1. The lowest BCUT2D eigenvalue weighted by atomic mass is 9.96. The van der Waals surface area contributed by atoms with Gasteiger partial charge < -0.3 is 0 Å². The van der Waals surface area contributed by atoms with Gasteiger partial charge in [-0.1, -0.05) is 122 Å². The summed E-state index contributed by atoms with van der Waals surface area (Å²) >= 11 is 0. The van der Waals surface area contributed by atoms with Gasteiger partial charge in [0.25, 0.3) is 0 Å². The monoisotopic (exact) mass is 479 g/mol. The third kappa shape index (κ3) is 7.39. The topological polar surface area (TPSA) is 20.3 Å². The largest absolute Gasteiger partial charge is 0.299 e. The Hall–Kier alpha value is -1.71. The number of hydrogen-bond donors (Lipinski definition) is 0. The number of benzene rings is 2. The van der Waals surface area contributed by atoms with E-state index in [2.05, 4.69) is 127 Å². The average molecular weight is 480 g/mol. The van der Waals surface area contributed by atoms with Crippen LogP contribution in [0.15, 0.2) is 60.7 Å². The third-order valence-electron chi connectivity index (χ3n) is 8.54. The Labute approximate surface area is 211 Å². The lowest BCUT2D eigenvalue weighted by molar-refractivity contribution is -0.123. The molecule has 0 amide bonds. The second kappa shape index (κ2) is 12.3. The first kappa shape index (κ1) is 28.5. The second-order valence-electron chi connectivity index (χ2n) is 12.2. The number of nitrogens with zero attached hydrogens (tertiary/aromatic N) is 1. The molecule has 0 radical (unpaired) electrons. The van der Waals surface area contributed by atoms with Crippen LogP contribution in [0.25, 0.3) is 0 Å². The summed E-state index contributed by atoms with van der Waals surface area (Å²) < 4.78 is 0. The summed E-state index contributed by atoms with van der Waals surface area (Å²) in [6.07, 6.45) is 1.01. The molecule has 0 unspecified atom stereocenters. The number of carbonyl (C=O) groups excluding carboxylic acids is 1. The van der Waals surface area contributed by atoms with Crippen LogP contribution in [0.1, 0.15) is 66.0 Å². The second-order valence-corrected chi connectivity index (χ2v) is 17.7. The smallest absolute Gasteiger partial charge is 0.137 e. The van der Waals surface area contributed by atoms with E-state index in [1.54, 1.807) is 0 Å². The summed E-state index contributed by atoms with van der Waals surface area (Å²) in [5, 5.41) is 0.204. The molecule has 0 saturated heterocycles. The Balaban J connectivity index is 2.29. The maximum Gasteiger partial charge on any atom is 0.137 e. The van der Waals surface area contributed by atoms with Crippen LogP contribution in [0.4, 0.5) is 0 Å². The van der Waals surface area contributed by atoms with Gasteiger partial charge in [-0.2, -0.15) is 0 Å². The Morgan fingerprint density at radius 2 is 1.26 bits per heavy atom. The van der Waals surface area contributed by atoms with Gasteiger partial charge in [-0.3, -0.25) is 9.69 Å². The van der Waals surface area contributed by atoms with Crippen LogP contribution in [0.3, 0.4) is 0 Å². The molecule has 0 aliphatic heterocycles. The summed E-state index contributed by atoms with van der Waals surface area (Å²) in [6.45, 7) is 23.7. The lowest BCUT2D eigenvalue weighted by Crippen LogP contribution is -2.50. The standard InChI is InChI=1S/C31H49NOSi/c1-24(2)20-29(34(8,9)31(6,7)25(3)4)30(33)26(5)21-32(22-27-16-12-10-13-17-27)23-28-18-14-11-15-19-28/h10-19,24-26,29H,20-23H2,1-9H3/t26-,29+/m1/s1. The first-order valence-electron chi connectivity index (χ1n) is 13.2. The van der Waals surface area contributed by atoms with E-state index in [-0.39, 0.29) is 16.5 Å². The Morgan fingerprint density at radius 1 is 0.824 bits per heavy atom. The molecule has 2 rings (SSSR count). The average Bonchev–Trinajstić information content (AvgIpc) is 2.77. The Bertz CT molecular complexity index is 831. The van der Waals surface area contributed by atoms with Crippen LogP contribution in [-0.4, -0.2) is 25.3 Å². The fourth-order valence-corrected chi connectivity index (χ4v) is 9.56. The van der Waals surface area contributed by atoms with Crippen molar-refractivity contribution < 1.29 is 4.79 Å². The molecule has 0 N–H and O–H groups in total. The van der Waals surface area contributed by atoms with Crippen molar-refractivity contribution in [2.24, 2.45) is 17.8 Å². The lowest BCUT2D eigenvalue weighted by Gasteiger charge is -2.48. The first-order valence-corrected chi connectivity index (χ1v) is 16.3. The van der Waals surface area contributed by atoms with E-state index in [1.807, 2.05) is 0 Å². The summed E-state index contributed by atoms with van der Waals surface area (Å²) in [5.41, 5.74) is 2.79.